The topological polar surface area (TPSA) is 41.9 Å². The average molecular weight is 348 g/mol. The van der Waals surface area contributed by atoms with Crippen molar-refractivity contribution in [3.63, 3.8) is 0 Å². The van der Waals surface area contributed by atoms with E-state index in [-0.39, 0.29) is 0 Å². The highest BCUT2D eigenvalue weighted by Gasteiger charge is 2.19. The number of benzene rings is 1. The molecule has 0 amide bonds. The third kappa shape index (κ3) is 3.24. The van der Waals surface area contributed by atoms with E-state index in [2.05, 4.69) is 45.4 Å². The molecule has 126 valence electrons. The van der Waals surface area contributed by atoms with Crippen molar-refractivity contribution in [2.45, 2.75) is 24.8 Å². The van der Waals surface area contributed by atoms with Gasteiger partial charge in [0.2, 0.25) is 0 Å². The first-order valence-corrected chi connectivity index (χ1v) is 9.63. The Hall–Kier alpha value is -2.40. The molecule has 3 aromatic rings. The molecule has 5 heteroatoms. The van der Waals surface area contributed by atoms with Crippen LogP contribution < -0.4 is 4.90 Å². The van der Waals surface area contributed by atoms with Crippen LogP contribution >= 0.6 is 11.8 Å². The highest BCUT2D eigenvalue weighted by Crippen LogP contribution is 2.26. The Labute approximate surface area is 152 Å². The summed E-state index contributed by atoms with van der Waals surface area (Å²) in [4.78, 5) is 17.5. The van der Waals surface area contributed by atoms with Crippen LogP contribution in [-0.2, 0) is 13.0 Å². The molecule has 25 heavy (non-hydrogen) atoms. The largest absolute Gasteiger partial charge is 0.367 e. The summed E-state index contributed by atoms with van der Waals surface area (Å²) in [6.45, 7) is 3.88. The van der Waals surface area contributed by atoms with Gasteiger partial charge in [-0.25, -0.2) is 9.97 Å². The minimum atomic E-state index is 0.731. The summed E-state index contributed by atoms with van der Waals surface area (Å²) in [6, 6.07) is 12.7. The fourth-order valence-electron chi connectivity index (χ4n) is 3.16. The van der Waals surface area contributed by atoms with Crippen LogP contribution in [0.4, 0.5) is 5.69 Å². The molecule has 0 unspecified atom stereocenters. The van der Waals surface area contributed by atoms with E-state index in [0.717, 1.165) is 42.3 Å². The van der Waals surface area contributed by atoms with Crippen molar-refractivity contribution >= 4 is 17.4 Å². The van der Waals surface area contributed by atoms with Crippen LogP contribution in [0.5, 0.6) is 0 Å². The average Bonchev–Trinajstić information content (AvgIpc) is 2.68. The molecule has 4 nitrogen and oxygen atoms in total. The predicted molar refractivity (Wildman–Crippen MR) is 103 cm³/mol. The van der Waals surface area contributed by atoms with E-state index < -0.39 is 0 Å². The van der Waals surface area contributed by atoms with Crippen LogP contribution in [0.25, 0.3) is 11.5 Å². The van der Waals surface area contributed by atoms with Crippen LogP contribution in [0.1, 0.15) is 16.8 Å². The predicted octanol–water partition coefficient (Wildman–Crippen LogP) is 4.13. The van der Waals surface area contributed by atoms with E-state index in [9.17, 15) is 0 Å². The quantitative estimate of drug-likeness (QED) is 0.666. The lowest BCUT2D eigenvalue weighted by Crippen LogP contribution is -2.31. The number of rotatable bonds is 3. The van der Waals surface area contributed by atoms with Gasteiger partial charge in [0.05, 0.1) is 5.69 Å². The van der Waals surface area contributed by atoms with Crippen LogP contribution in [0.15, 0.2) is 53.7 Å². The molecule has 2 aromatic heterocycles. The molecule has 1 aromatic carbocycles. The standard InChI is InChI=1S/C20H20N4S/c1-14-4-3-10-21-19(14)20-22-12-15-13-24(11-9-18(15)23-20)16-5-7-17(25-2)8-6-16/h3-8,10,12H,9,11,13H2,1-2H3. The summed E-state index contributed by atoms with van der Waals surface area (Å²) in [5.74, 6) is 0.731. The van der Waals surface area contributed by atoms with Gasteiger partial charge in [-0.15, -0.1) is 11.8 Å². The Bertz CT molecular complexity index is 892. The third-order valence-electron chi connectivity index (χ3n) is 4.59. The van der Waals surface area contributed by atoms with Gasteiger partial charge in [-0.2, -0.15) is 0 Å². The minimum absolute atomic E-state index is 0.731. The first-order valence-electron chi connectivity index (χ1n) is 8.40. The van der Waals surface area contributed by atoms with Gasteiger partial charge in [-0.05, 0) is 49.1 Å². The fourth-order valence-corrected chi connectivity index (χ4v) is 3.57. The van der Waals surface area contributed by atoms with E-state index >= 15 is 0 Å². The Balaban J connectivity index is 1.59. The molecule has 0 atom stereocenters. The van der Waals surface area contributed by atoms with Gasteiger partial charge in [0.1, 0.15) is 5.69 Å². The number of aryl methyl sites for hydroxylation is 1. The Morgan fingerprint density at radius 2 is 1.92 bits per heavy atom. The summed E-state index contributed by atoms with van der Waals surface area (Å²) in [7, 11) is 0. The van der Waals surface area contributed by atoms with E-state index in [1.54, 1.807) is 18.0 Å². The Kier molecular flexibility index (Phi) is 4.40. The first-order chi connectivity index (χ1) is 12.2. The van der Waals surface area contributed by atoms with E-state index in [1.807, 2.05) is 25.3 Å². The monoisotopic (exact) mass is 348 g/mol. The molecule has 1 aliphatic heterocycles. The number of nitrogens with zero attached hydrogens (tertiary/aromatic N) is 4. The second-order valence-electron chi connectivity index (χ2n) is 6.20. The number of hydrogen-bond acceptors (Lipinski definition) is 5. The summed E-state index contributed by atoms with van der Waals surface area (Å²) < 4.78 is 0. The summed E-state index contributed by atoms with van der Waals surface area (Å²) in [5.41, 5.74) is 5.59. The van der Waals surface area contributed by atoms with Gasteiger partial charge in [-0.3, -0.25) is 4.98 Å². The van der Waals surface area contributed by atoms with Gasteiger partial charge in [0.15, 0.2) is 5.82 Å². The molecule has 0 spiro atoms. The molecule has 0 radical (unpaired) electrons. The lowest BCUT2D eigenvalue weighted by Gasteiger charge is -2.30. The van der Waals surface area contributed by atoms with Crippen LogP contribution in [-0.4, -0.2) is 27.8 Å². The molecule has 0 saturated heterocycles. The van der Waals surface area contributed by atoms with Crippen molar-refractivity contribution < 1.29 is 0 Å². The maximum absolute atomic E-state index is 4.80. The van der Waals surface area contributed by atoms with Crippen LogP contribution in [0.3, 0.4) is 0 Å². The molecule has 0 saturated carbocycles. The van der Waals surface area contributed by atoms with Gasteiger partial charge in [-0.1, -0.05) is 6.07 Å². The first kappa shape index (κ1) is 16.1. The maximum Gasteiger partial charge on any atom is 0.178 e. The van der Waals surface area contributed by atoms with Crippen molar-refractivity contribution in [3.8, 4) is 11.5 Å². The van der Waals surface area contributed by atoms with E-state index in [1.165, 1.54) is 16.1 Å². The zero-order chi connectivity index (χ0) is 17.2. The normalized spacial score (nSPS) is 13.6. The lowest BCUT2D eigenvalue weighted by molar-refractivity contribution is 0.706. The Morgan fingerprint density at radius 3 is 2.68 bits per heavy atom. The van der Waals surface area contributed by atoms with E-state index in [4.69, 9.17) is 4.98 Å². The molecular weight excluding hydrogens is 328 g/mol. The number of thioether (sulfide) groups is 1. The van der Waals surface area contributed by atoms with Gasteiger partial charge in [0, 0.05) is 48.1 Å². The second kappa shape index (κ2) is 6.84. The third-order valence-corrected chi connectivity index (χ3v) is 5.34. The molecule has 0 aliphatic carbocycles. The molecular formula is C20H20N4S. The SMILES string of the molecule is CSc1ccc(N2CCc3nc(-c4ncccc4C)ncc3C2)cc1. The molecule has 4 rings (SSSR count). The molecule has 0 bridgehead atoms. The minimum Gasteiger partial charge on any atom is -0.367 e. The summed E-state index contributed by atoms with van der Waals surface area (Å²) >= 11 is 1.77. The highest BCUT2D eigenvalue weighted by molar-refractivity contribution is 7.98. The molecule has 0 N–H and O–H groups in total. The zero-order valence-corrected chi connectivity index (χ0v) is 15.3. The highest BCUT2D eigenvalue weighted by atomic mass is 32.2. The molecule has 3 heterocycles. The van der Waals surface area contributed by atoms with Crippen molar-refractivity contribution in [2.75, 3.05) is 17.7 Å². The van der Waals surface area contributed by atoms with Crippen molar-refractivity contribution in [1.82, 2.24) is 15.0 Å². The lowest BCUT2D eigenvalue weighted by atomic mass is 10.1. The fraction of sp³-hybridized carbons (Fsp3) is 0.250. The van der Waals surface area contributed by atoms with E-state index in [0.29, 0.717) is 0 Å². The molecule has 1 aliphatic rings. The summed E-state index contributed by atoms with van der Waals surface area (Å²) in [6.07, 6.45) is 6.80. The van der Waals surface area contributed by atoms with Gasteiger partial charge in [0.25, 0.3) is 0 Å². The smallest absolute Gasteiger partial charge is 0.178 e. The van der Waals surface area contributed by atoms with Crippen molar-refractivity contribution in [2.24, 2.45) is 0 Å². The number of anilines is 1. The van der Waals surface area contributed by atoms with Gasteiger partial charge >= 0.3 is 0 Å². The Morgan fingerprint density at radius 1 is 1.08 bits per heavy atom. The number of hydrogen-bond donors (Lipinski definition) is 0. The van der Waals surface area contributed by atoms with Crippen molar-refractivity contribution in [1.29, 1.82) is 0 Å². The molecule has 0 fully saturated rings. The number of fused-ring (bicyclic) bond motifs is 1. The number of pyridine rings is 1. The zero-order valence-electron chi connectivity index (χ0n) is 14.4. The van der Waals surface area contributed by atoms with Crippen LogP contribution in [0.2, 0.25) is 0 Å². The maximum atomic E-state index is 4.80. The summed E-state index contributed by atoms with van der Waals surface area (Å²) in [5, 5.41) is 0. The van der Waals surface area contributed by atoms with Crippen LogP contribution in [0, 0.1) is 6.92 Å². The van der Waals surface area contributed by atoms with Crippen molar-refractivity contribution in [3.05, 3.63) is 65.6 Å². The van der Waals surface area contributed by atoms with Gasteiger partial charge < -0.3 is 4.90 Å². The second-order valence-corrected chi connectivity index (χ2v) is 7.08. The number of aromatic nitrogens is 3.